The van der Waals surface area contributed by atoms with Crippen molar-refractivity contribution in [3.63, 3.8) is 0 Å². The lowest BCUT2D eigenvalue weighted by Crippen LogP contribution is -2.20. The van der Waals surface area contributed by atoms with Crippen LogP contribution in [0.1, 0.15) is 38.9 Å². The molecule has 2 aromatic rings. The maximum Gasteiger partial charge on any atom is 0.278 e. The molecule has 0 saturated heterocycles. The third kappa shape index (κ3) is 2.93. The molecule has 0 aliphatic carbocycles. The summed E-state index contributed by atoms with van der Waals surface area (Å²) in [6, 6.07) is 0. The van der Waals surface area contributed by atoms with Crippen molar-refractivity contribution in [2.24, 2.45) is 11.1 Å². The second-order valence-corrected chi connectivity index (χ2v) is 5.97. The van der Waals surface area contributed by atoms with Gasteiger partial charge in [-0.05, 0) is 11.8 Å². The molecule has 2 heterocycles. The molecule has 0 spiro atoms. The predicted octanol–water partition coefficient (Wildman–Crippen LogP) is 0.707. The summed E-state index contributed by atoms with van der Waals surface area (Å²) in [7, 11) is 0. The van der Waals surface area contributed by atoms with Crippen molar-refractivity contribution in [2.45, 2.75) is 33.1 Å². The van der Waals surface area contributed by atoms with E-state index in [4.69, 9.17) is 11.5 Å². The number of nitrogens with two attached hydrogens (primary N) is 2. The molecule has 7 heteroatoms. The van der Waals surface area contributed by atoms with Gasteiger partial charge in [0, 0.05) is 12.5 Å². The van der Waals surface area contributed by atoms with Crippen LogP contribution in [-0.2, 0) is 0 Å². The Hall–Kier alpha value is -1.89. The lowest BCUT2D eigenvalue weighted by atomic mass is 9.84. The van der Waals surface area contributed by atoms with Crippen LogP contribution in [0.15, 0.2) is 4.79 Å². The van der Waals surface area contributed by atoms with Gasteiger partial charge in [-0.3, -0.25) is 9.78 Å². The second-order valence-electron chi connectivity index (χ2n) is 5.97. The average Bonchev–Trinajstić information content (AvgIpc) is 2.68. The van der Waals surface area contributed by atoms with Gasteiger partial charge in [0.05, 0.1) is 0 Å². The Morgan fingerprint density at radius 1 is 1.26 bits per heavy atom. The quantitative estimate of drug-likeness (QED) is 0.649. The van der Waals surface area contributed by atoms with Crippen LogP contribution in [0.4, 0.5) is 5.95 Å². The van der Waals surface area contributed by atoms with E-state index in [1.165, 1.54) is 0 Å². The van der Waals surface area contributed by atoms with Gasteiger partial charge < -0.3 is 16.5 Å². The number of hydrogen-bond acceptors (Lipinski definition) is 5. The molecular formula is C12H20N6O. The Kier molecular flexibility index (Phi) is 3.32. The van der Waals surface area contributed by atoms with E-state index in [1.54, 1.807) is 0 Å². The van der Waals surface area contributed by atoms with E-state index in [2.05, 4.69) is 40.7 Å². The van der Waals surface area contributed by atoms with E-state index in [-0.39, 0.29) is 22.8 Å². The highest BCUT2D eigenvalue weighted by Gasteiger charge is 2.22. The average molecular weight is 264 g/mol. The maximum atomic E-state index is 11.7. The van der Waals surface area contributed by atoms with Crippen molar-refractivity contribution < 1.29 is 0 Å². The topological polar surface area (TPSA) is 126 Å². The van der Waals surface area contributed by atoms with Crippen molar-refractivity contribution in [1.29, 1.82) is 0 Å². The molecule has 0 amide bonds. The molecule has 2 rings (SSSR count). The first-order valence-corrected chi connectivity index (χ1v) is 6.25. The number of imidazole rings is 1. The summed E-state index contributed by atoms with van der Waals surface area (Å²) in [6.45, 7) is 6.88. The highest BCUT2D eigenvalue weighted by atomic mass is 16.1. The number of H-pyrrole nitrogens is 2. The Morgan fingerprint density at radius 3 is 2.53 bits per heavy atom. The fraction of sp³-hybridized carbons (Fsp3) is 0.583. The monoisotopic (exact) mass is 264 g/mol. The summed E-state index contributed by atoms with van der Waals surface area (Å²) in [6.07, 6.45) is 0.872. The number of aromatic nitrogens is 4. The number of anilines is 1. The summed E-state index contributed by atoms with van der Waals surface area (Å²) in [5.41, 5.74) is 11.8. The molecule has 1 unspecified atom stereocenters. The van der Waals surface area contributed by atoms with E-state index in [0.717, 1.165) is 6.42 Å². The SMILES string of the molecule is CC(C)(C)CC(CN)c1nc2nc(N)[nH]c(=O)c2[nH]1. The minimum absolute atomic E-state index is 0.0647. The Balaban J connectivity index is 2.45. The molecule has 0 saturated carbocycles. The smallest absolute Gasteiger partial charge is 0.278 e. The van der Waals surface area contributed by atoms with Gasteiger partial charge >= 0.3 is 0 Å². The van der Waals surface area contributed by atoms with Gasteiger partial charge in [-0.1, -0.05) is 20.8 Å². The van der Waals surface area contributed by atoms with Crippen molar-refractivity contribution in [3.8, 4) is 0 Å². The number of nitrogen functional groups attached to an aromatic ring is 1. The van der Waals surface area contributed by atoms with E-state index in [0.29, 0.717) is 23.5 Å². The van der Waals surface area contributed by atoms with Crippen LogP contribution in [0, 0.1) is 5.41 Å². The van der Waals surface area contributed by atoms with Gasteiger partial charge in [-0.25, -0.2) is 4.98 Å². The Labute approximate surface area is 110 Å². The predicted molar refractivity (Wildman–Crippen MR) is 74.8 cm³/mol. The summed E-state index contributed by atoms with van der Waals surface area (Å²) in [5.74, 6) is 0.821. The normalized spacial score (nSPS) is 13.9. The van der Waals surface area contributed by atoms with Gasteiger partial charge in [-0.2, -0.15) is 4.98 Å². The zero-order valence-electron chi connectivity index (χ0n) is 11.4. The Bertz CT molecular complexity index is 636. The van der Waals surface area contributed by atoms with Gasteiger partial charge in [0.2, 0.25) is 5.95 Å². The number of nitrogens with one attached hydrogen (secondary N) is 2. The van der Waals surface area contributed by atoms with Crippen LogP contribution in [0.2, 0.25) is 0 Å². The van der Waals surface area contributed by atoms with E-state index in [9.17, 15) is 4.79 Å². The minimum atomic E-state index is -0.312. The first-order chi connectivity index (χ1) is 8.80. The Morgan fingerprint density at radius 2 is 1.95 bits per heavy atom. The highest BCUT2D eigenvalue weighted by Crippen LogP contribution is 2.29. The van der Waals surface area contributed by atoms with Gasteiger partial charge in [0.1, 0.15) is 5.82 Å². The number of nitrogens with zero attached hydrogens (tertiary/aromatic N) is 2. The van der Waals surface area contributed by atoms with Crippen molar-refractivity contribution >= 4 is 17.1 Å². The van der Waals surface area contributed by atoms with Crippen molar-refractivity contribution in [2.75, 3.05) is 12.3 Å². The molecule has 19 heavy (non-hydrogen) atoms. The van der Waals surface area contributed by atoms with Crippen LogP contribution < -0.4 is 17.0 Å². The zero-order chi connectivity index (χ0) is 14.2. The number of rotatable bonds is 3. The van der Waals surface area contributed by atoms with Gasteiger partial charge in [-0.15, -0.1) is 0 Å². The van der Waals surface area contributed by atoms with Crippen molar-refractivity contribution in [1.82, 2.24) is 19.9 Å². The summed E-state index contributed by atoms with van der Waals surface area (Å²) in [4.78, 5) is 25.5. The first kappa shape index (κ1) is 13.5. The number of aromatic amines is 2. The summed E-state index contributed by atoms with van der Waals surface area (Å²) < 4.78 is 0. The third-order valence-corrected chi connectivity index (χ3v) is 2.93. The highest BCUT2D eigenvalue weighted by molar-refractivity contribution is 5.70. The molecule has 0 radical (unpaired) electrons. The minimum Gasteiger partial charge on any atom is -0.369 e. The summed E-state index contributed by atoms with van der Waals surface area (Å²) in [5, 5.41) is 0. The van der Waals surface area contributed by atoms with Crippen LogP contribution in [0.25, 0.3) is 11.2 Å². The molecule has 0 bridgehead atoms. The number of hydrogen-bond donors (Lipinski definition) is 4. The van der Waals surface area contributed by atoms with Crippen LogP contribution in [0.5, 0.6) is 0 Å². The molecule has 0 fully saturated rings. The number of fused-ring (bicyclic) bond motifs is 1. The third-order valence-electron chi connectivity index (χ3n) is 2.93. The molecule has 6 N–H and O–H groups in total. The molecule has 1 atom stereocenters. The van der Waals surface area contributed by atoms with Crippen molar-refractivity contribution in [3.05, 3.63) is 16.2 Å². The molecule has 2 aromatic heterocycles. The first-order valence-electron chi connectivity index (χ1n) is 6.25. The second kappa shape index (κ2) is 4.65. The van der Waals surface area contributed by atoms with E-state index < -0.39 is 0 Å². The molecule has 0 aromatic carbocycles. The zero-order valence-corrected chi connectivity index (χ0v) is 11.4. The van der Waals surface area contributed by atoms with E-state index in [1.807, 2.05) is 0 Å². The molecule has 104 valence electrons. The van der Waals surface area contributed by atoms with Crippen LogP contribution in [0.3, 0.4) is 0 Å². The fourth-order valence-corrected chi connectivity index (χ4v) is 2.17. The molecule has 0 aliphatic heterocycles. The van der Waals surface area contributed by atoms with Gasteiger partial charge in [0.15, 0.2) is 11.2 Å². The largest absolute Gasteiger partial charge is 0.369 e. The molecule has 7 nitrogen and oxygen atoms in total. The standard InChI is InChI=1S/C12H20N6O/c1-12(2,3)4-6(5-13)8-15-7-9(16-8)17-11(14)18-10(7)19/h6H,4-5,13H2,1-3H3,(H4,14,15,16,17,18,19). The maximum absolute atomic E-state index is 11.7. The fourth-order valence-electron chi connectivity index (χ4n) is 2.17. The lowest BCUT2D eigenvalue weighted by Gasteiger charge is -2.23. The van der Waals surface area contributed by atoms with Crippen LogP contribution in [-0.4, -0.2) is 26.5 Å². The molecular weight excluding hydrogens is 244 g/mol. The van der Waals surface area contributed by atoms with Gasteiger partial charge in [0.25, 0.3) is 5.56 Å². The summed E-state index contributed by atoms with van der Waals surface area (Å²) >= 11 is 0. The van der Waals surface area contributed by atoms with E-state index >= 15 is 0 Å². The van der Waals surface area contributed by atoms with Crippen LogP contribution >= 0.6 is 0 Å². The molecule has 0 aliphatic rings. The lowest BCUT2D eigenvalue weighted by molar-refractivity contribution is 0.337.